The Bertz CT molecular complexity index is 2150. The molecule has 0 radical (unpaired) electrons. The summed E-state index contributed by atoms with van der Waals surface area (Å²) in [6.45, 7) is 18.5. The number of hydrogen-bond donors (Lipinski definition) is 5. The molecule has 2 heterocycles. The maximum atomic E-state index is 4.21. The van der Waals surface area contributed by atoms with Crippen molar-refractivity contribution in [2.45, 2.75) is 281 Å². The summed E-state index contributed by atoms with van der Waals surface area (Å²) in [5.74, 6) is 0. The molecule has 6 nitrogen and oxygen atoms in total. The fraction of sp³-hybridized carbons (Fsp3) is 0.688. The quantitative estimate of drug-likeness (QED) is 0.0288. The second kappa shape index (κ2) is 45.3. The van der Waals surface area contributed by atoms with Crippen molar-refractivity contribution in [2.24, 2.45) is 0 Å². The molecule has 0 fully saturated rings. The Balaban J connectivity index is 0.000000299. The first kappa shape index (κ1) is 76.3. The average molecular weight is 1210 g/mol. The highest BCUT2D eigenvalue weighted by Crippen LogP contribution is 2.55. The van der Waals surface area contributed by atoms with E-state index in [1.165, 1.54) is 267 Å². The molecule has 0 unspecified atom stereocenters. The van der Waals surface area contributed by atoms with E-state index in [0.29, 0.717) is 11.1 Å². The molecule has 0 saturated heterocycles. The monoisotopic (exact) mass is 1210 g/mol. The molecule has 0 bridgehead atoms. The standard InChI is InChI=1S/C21H38N2S.C20H36N2S.2C18H31N/c1-7-9-14-21(15-10-8-2)16-13-18-17-19(23(3)4)11-12-20(18)24(5,6)22-21;1-6-8-13-20(14-9-7-2)15-12-17-16-18(21-3)10-11-19(17)23(4,5)22-20;2*1-2-16-19-17-12-7-5-3-4-6-9-13-18-14-10-8-11-15-18/h11-12,17,22H,7-10,13-16H2,1-6H3;10-11,16,21-22H,6-9,12-15H2,1-5H3;2*8,10-11,14-15,19H,2-7,9,12-13,16-17H2,1H3. The Labute approximate surface area is 531 Å². The van der Waals surface area contributed by atoms with Crippen molar-refractivity contribution in [1.82, 2.24) is 20.1 Å². The lowest BCUT2D eigenvalue weighted by Crippen LogP contribution is -2.45. The lowest BCUT2D eigenvalue weighted by molar-refractivity contribution is 0.298. The van der Waals surface area contributed by atoms with Gasteiger partial charge in [0.15, 0.2) is 0 Å². The zero-order valence-corrected chi connectivity index (χ0v) is 59.5. The topological polar surface area (TPSA) is 63.4 Å². The molecule has 4 aromatic rings. The van der Waals surface area contributed by atoms with E-state index in [0.717, 1.165) is 0 Å². The van der Waals surface area contributed by atoms with E-state index < -0.39 is 20.4 Å². The molecule has 6 rings (SSSR count). The lowest BCUT2D eigenvalue weighted by Gasteiger charge is -2.44. The summed E-state index contributed by atoms with van der Waals surface area (Å²) >= 11 is 0. The molecule has 8 heteroatoms. The molecule has 0 aliphatic carbocycles. The van der Waals surface area contributed by atoms with Crippen molar-refractivity contribution in [2.75, 3.05) is 82.6 Å². The maximum absolute atomic E-state index is 4.21. The number of anilines is 2. The van der Waals surface area contributed by atoms with Gasteiger partial charge in [0.1, 0.15) is 0 Å². The van der Waals surface area contributed by atoms with Gasteiger partial charge in [-0.3, -0.25) is 9.44 Å². The summed E-state index contributed by atoms with van der Waals surface area (Å²) in [6.07, 6.45) is 55.1. The van der Waals surface area contributed by atoms with Crippen LogP contribution in [0.3, 0.4) is 0 Å². The van der Waals surface area contributed by atoms with Crippen LogP contribution >= 0.6 is 20.4 Å². The predicted octanol–water partition coefficient (Wildman–Crippen LogP) is 21.4. The third-order valence-corrected chi connectivity index (χ3v) is 22.8. The number of aryl methyl sites for hydroxylation is 4. The highest BCUT2D eigenvalue weighted by molar-refractivity contribution is 8.31. The first-order chi connectivity index (χ1) is 41.2. The molecule has 2 aliphatic rings. The largest absolute Gasteiger partial charge is 0.388 e. The number of hydrogen-bond acceptors (Lipinski definition) is 6. The summed E-state index contributed by atoms with van der Waals surface area (Å²) in [5, 5.41) is 10.2. The highest BCUT2D eigenvalue weighted by atomic mass is 32.3. The van der Waals surface area contributed by atoms with Crippen molar-refractivity contribution in [1.29, 1.82) is 0 Å². The fourth-order valence-corrected chi connectivity index (χ4v) is 18.3. The van der Waals surface area contributed by atoms with Gasteiger partial charge in [0.2, 0.25) is 0 Å². The summed E-state index contributed by atoms with van der Waals surface area (Å²) in [5.41, 5.74) is 9.36. The van der Waals surface area contributed by atoms with Crippen LogP contribution < -0.4 is 30.3 Å². The Morgan fingerprint density at radius 3 is 1.14 bits per heavy atom. The first-order valence-corrected chi connectivity index (χ1v) is 40.2. The lowest BCUT2D eigenvalue weighted by atomic mass is 9.83. The molecular formula is C77H136N6S2. The van der Waals surface area contributed by atoms with Gasteiger partial charge in [0.25, 0.3) is 0 Å². The molecule has 0 amide bonds. The molecule has 0 spiro atoms. The molecule has 0 saturated carbocycles. The molecule has 0 aromatic heterocycles. The summed E-state index contributed by atoms with van der Waals surface area (Å²) in [6, 6.07) is 35.8. The zero-order chi connectivity index (χ0) is 61.9. The minimum atomic E-state index is -0.958. The number of rotatable bonds is 38. The Hall–Kier alpha value is -2.98. The summed E-state index contributed by atoms with van der Waals surface area (Å²) < 4.78 is 8.41. The number of nitrogens with one attached hydrogen (secondary N) is 5. The fourth-order valence-electron chi connectivity index (χ4n) is 12.8. The van der Waals surface area contributed by atoms with E-state index >= 15 is 0 Å². The second-order valence-electron chi connectivity index (χ2n) is 26.5. The number of unbranched alkanes of at least 4 members (excludes halogenated alkanes) is 16. The number of fused-ring (bicyclic) bond motifs is 2. The van der Waals surface area contributed by atoms with E-state index in [-0.39, 0.29) is 0 Å². The van der Waals surface area contributed by atoms with Gasteiger partial charge in [-0.15, -0.1) is 0 Å². The van der Waals surface area contributed by atoms with E-state index in [4.69, 9.17) is 0 Å². The van der Waals surface area contributed by atoms with Gasteiger partial charge in [-0.05, 0) is 213 Å². The smallest absolute Gasteiger partial charge is 0.0364 e. The van der Waals surface area contributed by atoms with Crippen molar-refractivity contribution >= 4 is 31.8 Å². The van der Waals surface area contributed by atoms with Gasteiger partial charge in [-0.2, -0.15) is 20.4 Å². The van der Waals surface area contributed by atoms with Gasteiger partial charge in [0, 0.05) is 53.4 Å². The third-order valence-electron chi connectivity index (χ3n) is 17.9. The van der Waals surface area contributed by atoms with Gasteiger partial charge >= 0.3 is 0 Å². The molecule has 0 atom stereocenters. The Morgan fingerprint density at radius 2 is 0.776 bits per heavy atom. The summed E-state index contributed by atoms with van der Waals surface area (Å²) in [4.78, 5) is 5.36. The van der Waals surface area contributed by atoms with Crippen LogP contribution in [-0.2, 0) is 25.7 Å². The molecule has 4 aromatic carbocycles. The van der Waals surface area contributed by atoms with Crippen LogP contribution in [0.4, 0.5) is 11.4 Å². The van der Waals surface area contributed by atoms with E-state index in [2.05, 4.69) is 208 Å². The third kappa shape index (κ3) is 31.4. The van der Waals surface area contributed by atoms with Crippen molar-refractivity contribution in [3.05, 3.63) is 119 Å². The highest BCUT2D eigenvalue weighted by Gasteiger charge is 2.38. The van der Waals surface area contributed by atoms with Crippen LogP contribution in [0.2, 0.25) is 0 Å². The van der Waals surface area contributed by atoms with E-state index in [9.17, 15) is 0 Å². The van der Waals surface area contributed by atoms with Crippen LogP contribution in [0.25, 0.3) is 0 Å². The van der Waals surface area contributed by atoms with Crippen molar-refractivity contribution in [3.8, 4) is 0 Å². The molecule has 5 N–H and O–H groups in total. The van der Waals surface area contributed by atoms with Gasteiger partial charge in [0.05, 0.1) is 0 Å². The molecule has 85 heavy (non-hydrogen) atoms. The van der Waals surface area contributed by atoms with Crippen LogP contribution in [0.15, 0.2) is 107 Å². The summed E-state index contributed by atoms with van der Waals surface area (Å²) in [7, 11) is 4.39. The number of benzene rings is 4. The predicted molar refractivity (Wildman–Crippen MR) is 390 cm³/mol. The van der Waals surface area contributed by atoms with Gasteiger partial charge in [-0.25, -0.2) is 0 Å². The molecular weight excluding hydrogens is 1070 g/mol. The van der Waals surface area contributed by atoms with E-state index in [1.807, 2.05) is 7.05 Å². The second-order valence-corrected chi connectivity index (χ2v) is 33.1. The normalized spacial score (nSPS) is 16.0. The molecule has 486 valence electrons. The van der Waals surface area contributed by atoms with Crippen molar-refractivity contribution in [3.63, 3.8) is 0 Å². The van der Waals surface area contributed by atoms with Gasteiger partial charge < -0.3 is 20.9 Å². The van der Waals surface area contributed by atoms with Crippen molar-refractivity contribution < 1.29 is 0 Å². The van der Waals surface area contributed by atoms with E-state index in [1.54, 1.807) is 20.9 Å². The van der Waals surface area contributed by atoms with Gasteiger partial charge in [-0.1, -0.05) is 218 Å². The van der Waals surface area contributed by atoms with Crippen LogP contribution in [0, 0.1) is 0 Å². The van der Waals surface area contributed by atoms with Crippen LogP contribution in [-0.4, -0.2) is 83.4 Å². The SMILES string of the molecule is CCCCC1(CCCC)CCc2cc(N(C)C)ccc2S(C)(C)N1.CCCCC1(CCCC)CCc2cc(NC)ccc2S(C)(C)N1.CCCNCCCCCCCCCc1ccccc1.CCCNCCCCCCCCCc1ccccc1. The number of nitrogens with zero attached hydrogens (tertiary/aromatic N) is 1. The minimum Gasteiger partial charge on any atom is -0.388 e. The average Bonchev–Trinajstić information content (AvgIpc) is 4.00. The maximum Gasteiger partial charge on any atom is 0.0364 e. The first-order valence-electron chi connectivity index (χ1n) is 35.3. The Kier molecular flexibility index (Phi) is 40.6. The van der Waals surface area contributed by atoms with Crippen LogP contribution in [0.1, 0.15) is 256 Å². The Morgan fingerprint density at radius 1 is 0.412 bits per heavy atom. The minimum absolute atomic E-state index is 0.335. The zero-order valence-electron chi connectivity index (χ0n) is 57.9. The molecule has 2 aliphatic heterocycles. The van der Waals surface area contributed by atoms with Crippen LogP contribution in [0.5, 0.6) is 0 Å².